The van der Waals surface area contributed by atoms with E-state index in [2.05, 4.69) is 15.5 Å². The molecule has 0 aliphatic rings. The molecule has 0 fully saturated rings. The van der Waals surface area contributed by atoms with Gasteiger partial charge in [-0.3, -0.25) is 9.59 Å². The van der Waals surface area contributed by atoms with Crippen LogP contribution in [0.2, 0.25) is 0 Å². The molecule has 20 heavy (non-hydrogen) atoms. The number of primary amides is 1. The van der Waals surface area contributed by atoms with Crippen LogP contribution in [0, 0.1) is 6.92 Å². The number of nitrogens with one attached hydrogen (secondary N) is 1. The van der Waals surface area contributed by atoms with Crippen LogP contribution in [0.4, 0.5) is 5.69 Å². The van der Waals surface area contributed by atoms with Crippen LogP contribution in [-0.4, -0.2) is 27.8 Å². The van der Waals surface area contributed by atoms with E-state index in [0.717, 1.165) is 11.8 Å². The van der Waals surface area contributed by atoms with Crippen molar-refractivity contribution in [3.63, 3.8) is 0 Å². The van der Waals surface area contributed by atoms with E-state index in [-0.39, 0.29) is 11.7 Å². The average Bonchev–Trinajstić information content (AvgIpc) is 2.83. The summed E-state index contributed by atoms with van der Waals surface area (Å²) in [7, 11) is 0. The van der Waals surface area contributed by atoms with Gasteiger partial charge in [0.15, 0.2) is 0 Å². The maximum Gasteiger partial charge on any atom is 0.277 e. The quantitative estimate of drug-likeness (QED) is 0.801. The molecule has 104 valence electrons. The van der Waals surface area contributed by atoms with Crippen LogP contribution >= 0.6 is 11.8 Å². The van der Waals surface area contributed by atoms with Gasteiger partial charge >= 0.3 is 0 Å². The highest BCUT2D eigenvalue weighted by molar-refractivity contribution is 7.99. The first-order valence-corrected chi connectivity index (χ1v) is 6.66. The Kier molecular flexibility index (Phi) is 4.36. The Morgan fingerprint density at radius 3 is 2.55 bits per heavy atom. The van der Waals surface area contributed by atoms with Gasteiger partial charge in [-0.2, -0.15) is 0 Å². The maximum atomic E-state index is 11.7. The number of amides is 2. The average molecular weight is 292 g/mol. The number of anilines is 1. The molecule has 0 radical (unpaired) electrons. The molecule has 1 heterocycles. The number of nitrogens with zero attached hydrogens (tertiary/aromatic N) is 2. The molecule has 2 amide bonds. The van der Waals surface area contributed by atoms with Gasteiger partial charge in [0, 0.05) is 18.2 Å². The van der Waals surface area contributed by atoms with E-state index in [1.807, 2.05) is 0 Å². The van der Waals surface area contributed by atoms with Gasteiger partial charge < -0.3 is 15.5 Å². The van der Waals surface area contributed by atoms with E-state index >= 15 is 0 Å². The van der Waals surface area contributed by atoms with E-state index in [1.165, 1.54) is 0 Å². The van der Waals surface area contributed by atoms with Crippen molar-refractivity contribution in [3.8, 4) is 0 Å². The molecule has 0 aliphatic heterocycles. The third kappa shape index (κ3) is 3.82. The molecule has 2 rings (SSSR count). The lowest BCUT2D eigenvalue weighted by Crippen LogP contribution is -2.15. The monoisotopic (exact) mass is 292 g/mol. The van der Waals surface area contributed by atoms with Crippen LogP contribution in [0.3, 0.4) is 0 Å². The molecule has 0 saturated carbocycles. The molecule has 0 aliphatic carbocycles. The van der Waals surface area contributed by atoms with Crippen LogP contribution in [0.25, 0.3) is 0 Å². The van der Waals surface area contributed by atoms with Crippen molar-refractivity contribution in [1.82, 2.24) is 10.2 Å². The van der Waals surface area contributed by atoms with E-state index in [9.17, 15) is 9.59 Å². The summed E-state index contributed by atoms with van der Waals surface area (Å²) in [6.07, 6.45) is 0. The van der Waals surface area contributed by atoms with Crippen LogP contribution in [0.1, 0.15) is 16.2 Å². The smallest absolute Gasteiger partial charge is 0.277 e. The molecule has 1 aromatic heterocycles. The van der Waals surface area contributed by atoms with Crippen molar-refractivity contribution in [2.24, 2.45) is 5.73 Å². The van der Waals surface area contributed by atoms with Crippen LogP contribution in [0.15, 0.2) is 33.9 Å². The first-order valence-electron chi connectivity index (χ1n) is 5.67. The summed E-state index contributed by atoms with van der Waals surface area (Å²) in [5, 5.41) is 10.5. The summed E-state index contributed by atoms with van der Waals surface area (Å²) in [5.41, 5.74) is 6.10. The second-order valence-electron chi connectivity index (χ2n) is 3.87. The maximum absolute atomic E-state index is 11.7. The molecule has 0 atom stereocenters. The predicted octanol–water partition coefficient (Wildman–Crippen LogP) is 1.21. The lowest BCUT2D eigenvalue weighted by molar-refractivity contribution is -0.113. The summed E-state index contributed by atoms with van der Waals surface area (Å²) >= 11 is 1.15. The normalized spacial score (nSPS) is 10.2. The SMILES string of the molecule is Cc1nnc(SCC(=O)Nc2ccc(C(N)=O)cc2)o1. The second-order valence-corrected chi connectivity index (χ2v) is 4.79. The number of carbonyl (C=O) groups excluding carboxylic acids is 2. The lowest BCUT2D eigenvalue weighted by Gasteiger charge is -2.04. The minimum atomic E-state index is -0.509. The highest BCUT2D eigenvalue weighted by Crippen LogP contribution is 2.16. The molecule has 0 bridgehead atoms. The van der Waals surface area contributed by atoms with Crippen molar-refractivity contribution in [2.45, 2.75) is 12.1 Å². The van der Waals surface area contributed by atoms with Gasteiger partial charge in [0.1, 0.15) is 0 Å². The zero-order chi connectivity index (χ0) is 14.5. The zero-order valence-corrected chi connectivity index (χ0v) is 11.4. The molecule has 0 spiro atoms. The van der Waals surface area contributed by atoms with Gasteiger partial charge in [-0.1, -0.05) is 11.8 Å². The van der Waals surface area contributed by atoms with Crippen LogP contribution < -0.4 is 11.1 Å². The van der Waals surface area contributed by atoms with Gasteiger partial charge in [0.25, 0.3) is 5.22 Å². The fourth-order valence-corrected chi connectivity index (χ4v) is 1.98. The topological polar surface area (TPSA) is 111 Å². The summed E-state index contributed by atoms with van der Waals surface area (Å²) in [6.45, 7) is 1.68. The van der Waals surface area contributed by atoms with E-state index in [1.54, 1.807) is 31.2 Å². The van der Waals surface area contributed by atoms with Crippen molar-refractivity contribution in [2.75, 3.05) is 11.1 Å². The largest absolute Gasteiger partial charge is 0.416 e. The van der Waals surface area contributed by atoms with Crippen molar-refractivity contribution >= 4 is 29.3 Å². The number of hydrogen-bond donors (Lipinski definition) is 2. The van der Waals surface area contributed by atoms with Crippen LogP contribution in [0.5, 0.6) is 0 Å². The second kappa shape index (κ2) is 6.20. The summed E-state index contributed by atoms with van der Waals surface area (Å²) < 4.78 is 5.14. The van der Waals surface area contributed by atoms with Gasteiger partial charge in [0.2, 0.25) is 17.7 Å². The third-order valence-electron chi connectivity index (χ3n) is 2.29. The number of hydrogen-bond acceptors (Lipinski definition) is 6. The molecule has 1 aromatic carbocycles. The highest BCUT2D eigenvalue weighted by atomic mass is 32.2. The Bertz CT molecular complexity index is 624. The number of benzene rings is 1. The number of thioether (sulfide) groups is 1. The van der Waals surface area contributed by atoms with Gasteiger partial charge in [0.05, 0.1) is 5.75 Å². The minimum absolute atomic E-state index is 0.152. The van der Waals surface area contributed by atoms with Crippen LogP contribution in [-0.2, 0) is 4.79 Å². The Balaban J connectivity index is 1.86. The Labute approximate surface area is 118 Å². The molecule has 2 aromatic rings. The summed E-state index contributed by atoms with van der Waals surface area (Å²) in [4.78, 5) is 22.6. The Hall–Kier alpha value is -2.35. The standard InChI is InChI=1S/C12H12N4O3S/c1-7-15-16-12(19-7)20-6-10(17)14-9-4-2-8(3-5-9)11(13)18/h2-5H,6H2,1H3,(H2,13,18)(H,14,17). The number of nitrogens with two attached hydrogens (primary N) is 1. The molecular formula is C12H12N4O3S. The predicted molar refractivity (Wildman–Crippen MR) is 73.3 cm³/mol. The molecule has 7 nitrogen and oxygen atoms in total. The third-order valence-corrected chi connectivity index (χ3v) is 3.11. The fourth-order valence-electron chi connectivity index (χ4n) is 1.38. The van der Waals surface area contributed by atoms with E-state index in [4.69, 9.17) is 10.2 Å². The number of rotatable bonds is 5. The van der Waals surface area contributed by atoms with Gasteiger partial charge in [-0.05, 0) is 24.3 Å². The number of carbonyl (C=O) groups is 2. The minimum Gasteiger partial charge on any atom is -0.416 e. The molecule has 8 heteroatoms. The first-order chi connectivity index (χ1) is 9.54. The highest BCUT2D eigenvalue weighted by Gasteiger charge is 2.08. The molecule has 0 unspecified atom stereocenters. The molecular weight excluding hydrogens is 280 g/mol. The Morgan fingerprint density at radius 1 is 1.30 bits per heavy atom. The Morgan fingerprint density at radius 2 is 2.00 bits per heavy atom. The van der Waals surface area contributed by atoms with Crippen molar-refractivity contribution in [1.29, 1.82) is 0 Å². The summed E-state index contributed by atoms with van der Waals surface area (Å²) in [5.74, 6) is -0.114. The number of aryl methyl sites for hydroxylation is 1. The van der Waals surface area contributed by atoms with Crippen molar-refractivity contribution < 1.29 is 14.0 Å². The van der Waals surface area contributed by atoms with Gasteiger partial charge in [-0.25, -0.2) is 0 Å². The zero-order valence-electron chi connectivity index (χ0n) is 10.6. The fraction of sp³-hybridized carbons (Fsp3) is 0.167. The van der Waals surface area contributed by atoms with E-state index < -0.39 is 5.91 Å². The van der Waals surface area contributed by atoms with Gasteiger partial charge in [-0.15, -0.1) is 10.2 Å². The molecule has 3 N–H and O–H groups in total. The van der Waals surface area contributed by atoms with Crippen molar-refractivity contribution in [3.05, 3.63) is 35.7 Å². The molecule has 0 saturated heterocycles. The number of aromatic nitrogens is 2. The lowest BCUT2D eigenvalue weighted by atomic mass is 10.2. The van der Waals surface area contributed by atoms with E-state index in [0.29, 0.717) is 22.4 Å². The summed E-state index contributed by atoms with van der Waals surface area (Å²) in [6, 6.07) is 6.32. The first kappa shape index (κ1) is 14.1.